The Labute approximate surface area is 147 Å². The normalized spacial score (nSPS) is 21.9. The molecule has 25 heavy (non-hydrogen) atoms. The molecule has 0 amide bonds. The van der Waals surface area contributed by atoms with Gasteiger partial charge in [-0.2, -0.15) is 0 Å². The molecule has 0 aliphatic carbocycles. The van der Waals surface area contributed by atoms with E-state index in [1.165, 1.54) is 11.1 Å². The van der Waals surface area contributed by atoms with Gasteiger partial charge in [0.1, 0.15) is 0 Å². The molecule has 4 rings (SSSR count). The van der Waals surface area contributed by atoms with Gasteiger partial charge in [0.05, 0.1) is 14.2 Å². The SMILES string of the molecule is COc1ccc2c(c1OC)CN1CCc3cc(O)c(O)cc3[C@H]1[C@H]2C. The standard InChI is InChI=1S/C20H23NO4/c1-11-13-4-5-18(24-2)20(25-3)15(13)10-21-7-6-12-8-16(22)17(23)9-14(12)19(11)21/h4-5,8-9,11,19,22-23H,6-7,10H2,1-3H3/t11-,19+/m0/s1. The van der Waals surface area contributed by atoms with Crippen LogP contribution in [0.4, 0.5) is 0 Å². The van der Waals surface area contributed by atoms with E-state index in [-0.39, 0.29) is 23.5 Å². The molecule has 132 valence electrons. The second-order valence-corrected chi connectivity index (χ2v) is 6.86. The molecule has 2 aromatic rings. The van der Waals surface area contributed by atoms with Crippen LogP contribution in [0.15, 0.2) is 24.3 Å². The number of methoxy groups -OCH3 is 2. The second-order valence-electron chi connectivity index (χ2n) is 6.86. The van der Waals surface area contributed by atoms with Crippen LogP contribution in [-0.2, 0) is 13.0 Å². The number of phenols is 2. The predicted molar refractivity (Wildman–Crippen MR) is 94.6 cm³/mol. The number of hydrogen-bond acceptors (Lipinski definition) is 5. The first-order valence-corrected chi connectivity index (χ1v) is 8.57. The van der Waals surface area contributed by atoms with Gasteiger partial charge in [-0.05, 0) is 41.3 Å². The van der Waals surface area contributed by atoms with Gasteiger partial charge in [-0.1, -0.05) is 13.0 Å². The average Bonchev–Trinajstić information content (AvgIpc) is 2.61. The lowest BCUT2D eigenvalue weighted by molar-refractivity contribution is 0.136. The third-order valence-electron chi connectivity index (χ3n) is 5.63. The summed E-state index contributed by atoms with van der Waals surface area (Å²) in [7, 11) is 3.34. The van der Waals surface area contributed by atoms with E-state index >= 15 is 0 Å². The van der Waals surface area contributed by atoms with Crippen LogP contribution < -0.4 is 9.47 Å². The molecule has 2 heterocycles. The van der Waals surface area contributed by atoms with Crippen LogP contribution in [0.2, 0.25) is 0 Å². The highest BCUT2D eigenvalue weighted by molar-refractivity contribution is 5.55. The Morgan fingerprint density at radius 2 is 1.80 bits per heavy atom. The fraction of sp³-hybridized carbons (Fsp3) is 0.400. The highest BCUT2D eigenvalue weighted by Crippen LogP contribution is 2.50. The zero-order valence-electron chi connectivity index (χ0n) is 14.7. The number of hydrogen-bond donors (Lipinski definition) is 2. The largest absolute Gasteiger partial charge is 0.504 e. The topological polar surface area (TPSA) is 62.2 Å². The van der Waals surface area contributed by atoms with E-state index in [1.54, 1.807) is 26.4 Å². The van der Waals surface area contributed by atoms with Gasteiger partial charge in [-0.15, -0.1) is 0 Å². The van der Waals surface area contributed by atoms with E-state index in [2.05, 4.69) is 17.9 Å². The minimum Gasteiger partial charge on any atom is -0.504 e. The molecule has 2 aliphatic heterocycles. The summed E-state index contributed by atoms with van der Waals surface area (Å²) in [6, 6.07) is 7.69. The molecule has 2 aliphatic rings. The predicted octanol–water partition coefficient (Wildman–Crippen LogP) is 3.33. The Morgan fingerprint density at radius 1 is 1.04 bits per heavy atom. The fourth-order valence-corrected chi connectivity index (χ4v) is 4.46. The molecule has 0 radical (unpaired) electrons. The van der Waals surface area contributed by atoms with Crippen LogP contribution in [0, 0.1) is 0 Å². The lowest BCUT2D eigenvalue weighted by atomic mass is 9.77. The molecule has 0 spiro atoms. The maximum Gasteiger partial charge on any atom is 0.165 e. The van der Waals surface area contributed by atoms with E-state index in [1.807, 2.05) is 6.07 Å². The molecule has 2 atom stereocenters. The van der Waals surface area contributed by atoms with E-state index in [9.17, 15) is 10.2 Å². The van der Waals surface area contributed by atoms with E-state index < -0.39 is 0 Å². The van der Waals surface area contributed by atoms with Crippen LogP contribution >= 0.6 is 0 Å². The summed E-state index contributed by atoms with van der Waals surface area (Å²) in [5.41, 5.74) is 4.65. The van der Waals surface area contributed by atoms with Crippen molar-refractivity contribution in [1.29, 1.82) is 0 Å². The second kappa shape index (κ2) is 5.85. The van der Waals surface area contributed by atoms with Crippen molar-refractivity contribution < 1.29 is 19.7 Å². The molecule has 0 unspecified atom stereocenters. The highest BCUT2D eigenvalue weighted by atomic mass is 16.5. The van der Waals surface area contributed by atoms with Crippen molar-refractivity contribution in [2.45, 2.75) is 31.8 Å². The quantitative estimate of drug-likeness (QED) is 0.821. The summed E-state index contributed by atoms with van der Waals surface area (Å²) in [5, 5.41) is 19.8. The summed E-state index contributed by atoms with van der Waals surface area (Å²) in [5.74, 6) is 1.72. The van der Waals surface area contributed by atoms with Crippen molar-refractivity contribution in [1.82, 2.24) is 4.90 Å². The fourth-order valence-electron chi connectivity index (χ4n) is 4.46. The molecular formula is C20H23NO4. The van der Waals surface area contributed by atoms with Gasteiger partial charge in [0.15, 0.2) is 23.0 Å². The van der Waals surface area contributed by atoms with Crippen molar-refractivity contribution >= 4 is 0 Å². The Kier molecular flexibility index (Phi) is 3.76. The maximum absolute atomic E-state index is 9.99. The Morgan fingerprint density at radius 3 is 2.52 bits per heavy atom. The zero-order chi connectivity index (χ0) is 17.7. The number of ether oxygens (including phenoxy) is 2. The molecule has 0 saturated heterocycles. The molecule has 2 N–H and O–H groups in total. The van der Waals surface area contributed by atoms with Gasteiger partial charge < -0.3 is 19.7 Å². The molecule has 2 aromatic carbocycles. The van der Waals surface area contributed by atoms with Gasteiger partial charge in [-0.25, -0.2) is 0 Å². The van der Waals surface area contributed by atoms with Crippen LogP contribution in [0.3, 0.4) is 0 Å². The van der Waals surface area contributed by atoms with Crippen molar-refractivity contribution in [3.8, 4) is 23.0 Å². The van der Waals surface area contributed by atoms with Crippen molar-refractivity contribution in [2.24, 2.45) is 0 Å². The number of phenolic OH excluding ortho intramolecular Hbond substituents is 2. The summed E-state index contributed by atoms with van der Waals surface area (Å²) < 4.78 is 11.1. The summed E-state index contributed by atoms with van der Waals surface area (Å²) >= 11 is 0. The van der Waals surface area contributed by atoms with Gasteiger partial charge in [0, 0.05) is 30.6 Å². The minimum absolute atomic E-state index is 0.0394. The van der Waals surface area contributed by atoms with E-state index in [0.717, 1.165) is 42.1 Å². The third kappa shape index (κ3) is 2.34. The Balaban J connectivity index is 1.84. The van der Waals surface area contributed by atoms with Crippen molar-refractivity contribution in [2.75, 3.05) is 20.8 Å². The number of aromatic hydroxyl groups is 2. The average molecular weight is 341 g/mol. The van der Waals surface area contributed by atoms with Crippen molar-refractivity contribution in [3.05, 3.63) is 46.5 Å². The van der Waals surface area contributed by atoms with Crippen LogP contribution in [-0.4, -0.2) is 35.9 Å². The molecule has 0 bridgehead atoms. The molecule has 0 aromatic heterocycles. The zero-order valence-corrected chi connectivity index (χ0v) is 14.7. The first-order chi connectivity index (χ1) is 12.0. The Bertz CT molecular complexity index is 833. The summed E-state index contributed by atoms with van der Waals surface area (Å²) in [4.78, 5) is 2.42. The molecule has 5 heteroatoms. The van der Waals surface area contributed by atoms with Crippen LogP contribution in [0.1, 0.15) is 41.1 Å². The number of benzene rings is 2. The lowest BCUT2D eigenvalue weighted by Gasteiger charge is -2.45. The first kappa shape index (κ1) is 16.1. The van der Waals surface area contributed by atoms with E-state index in [0.29, 0.717) is 0 Å². The molecular weight excluding hydrogens is 318 g/mol. The summed E-state index contributed by atoms with van der Waals surface area (Å²) in [6.07, 6.45) is 0.855. The van der Waals surface area contributed by atoms with Gasteiger partial charge >= 0.3 is 0 Å². The highest BCUT2D eigenvalue weighted by Gasteiger charge is 2.39. The summed E-state index contributed by atoms with van der Waals surface area (Å²) in [6.45, 7) is 3.90. The Hall–Kier alpha value is -2.40. The molecule has 5 nitrogen and oxygen atoms in total. The maximum atomic E-state index is 9.99. The number of rotatable bonds is 2. The van der Waals surface area contributed by atoms with Gasteiger partial charge in [0.25, 0.3) is 0 Å². The van der Waals surface area contributed by atoms with Gasteiger partial charge in [-0.3, -0.25) is 4.90 Å². The number of fused-ring (bicyclic) bond motifs is 4. The molecule has 0 saturated carbocycles. The van der Waals surface area contributed by atoms with Crippen LogP contribution in [0.5, 0.6) is 23.0 Å². The van der Waals surface area contributed by atoms with E-state index in [4.69, 9.17) is 9.47 Å². The van der Waals surface area contributed by atoms with Crippen LogP contribution in [0.25, 0.3) is 0 Å². The smallest absolute Gasteiger partial charge is 0.165 e. The van der Waals surface area contributed by atoms with Gasteiger partial charge in [0.2, 0.25) is 0 Å². The first-order valence-electron chi connectivity index (χ1n) is 8.57. The third-order valence-corrected chi connectivity index (χ3v) is 5.63. The lowest BCUT2D eigenvalue weighted by Crippen LogP contribution is -2.41. The minimum atomic E-state index is -0.0501. The number of nitrogens with zero attached hydrogens (tertiary/aromatic N) is 1. The van der Waals surface area contributed by atoms with Crippen molar-refractivity contribution in [3.63, 3.8) is 0 Å². The monoisotopic (exact) mass is 341 g/mol. The molecule has 0 fully saturated rings.